The second-order valence-electron chi connectivity index (χ2n) is 5.17. The molecule has 0 saturated heterocycles. The van der Waals surface area contributed by atoms with Crippen LogP contribution in [0.2, 0.25) is 0 Å². The van der Waals surface area contributed by atoms with Gasteiger partial charge in [0.05, 0.1) is 5.56 Å². The highest BCUT2D eigenvalue weighted by Crippen LogP contribution is 2.29. The molecule has 2 rings (SSSR count). The number of carbonyl (C=O) groups is 2. The maximum atomic E-state index is 12.4. The number of amides is 1. The second-order valence-corrected chi connectivity index (χ2v) is 5.17. The van der Waals surface area contributed by atoms with Crippen LogP contribution in [0.4, 0.5) is 18.9 Å². The number of rotatable bonds is 4. The summed E-state index contributed by atoms with van der Waals surface area (Å²) in [7, 11) is 0. The zero-order valence-electron chi connectivity index (χ0n) is 13.1. The van der Waals surface area contributed by atoms with Crippen LogP contribution < -0.4 is 5.32 Å². The largest absolute Gasteiger partial charge is 0.507 e. The minimum Gasteiger partial charge on any atom is -0.507 e. The number of nitrogens with one attached hydrogen (secondary N) is 1. The molecule has 1 amide bonds. The van der Waals surface area contributed by atoms with Crippen molar-refractivity contribution in [2.24, 2.45) is 0 Å². The summed E-state index contributed by atoms with van der Waals surface area (Å²) in [5, 5.41) is 12.1. The number of hydrogen-bond donors (Lipinski definition) is 2. The monoisotopic (exact) mass is 353 g/mol. The summed E-state index contributed by atoms with van der Waals surface area (Å²) in [4.78, 5) is 23.6. The van der Waals surface area contributed by atoms with Gasteiger partial charge in [-0.25, -0.2) is 4.79 Å². The van der Waals surface area contributed by atoms with E-state index in [9.17, 15) is 27.9 Å². The molecule has 0 aliphatic rings. The number of aryl methyl sites for hydroxylation is 1. The number of ether oxygens (including phenoxy) is 1. The Morgan fingerprint density at radius 3 is 2.36 bits per heavy atom. The van der Waals surface area contributed by atoms with Gasteiger partial charge in [0.2, 0.25) is 0 Å². The lowest BCUT2D eigenvalue weighted by Crippen LogP contribution is -2.21. The first-order valence-corrected chi connectivity index (χ1v) is 7.11. The van der Waals surface area contributed by atoms with Gasteiger partial charge in [0, 0.05) is 5.69 Å². The van der Waals surface area contributed by atoms with Crippen LogP contribution in [0.1, 0.15) is 21.5 Å². The molecular formula is C17H14F3NO4. The number of alkyl halides is 3. The van der Waals surface area contributed by atoms with Gasteiger partial charge in [-0.2, -0.15) is 13.2 Å². The van der Waals surface area contributed by atoms with E-state index >= 15 is 0 Å². The standard InChI is InChI=1S/C17H14F3NO4/c1-10-3-2-4-13(15(10)23)16(24)25-9-14(22)21-12-7-5-11(6-8-12)17(18,19)20/h2-8,23H,9H2,1H3,(H,21,22). The van der Waals surface area contributed by atoms with Crippen molar-refractivity contribution in [3.8, 4) is 5.75 Å². The van der Waals surface area contributed by atoms with Crippen molar-refractivity contribution in [3.05, 3.63) is 59.2 Å². The molecule has 2 aromatic carbocycles. The van der Waals surface area contributed by atoms with Gasteiger partial charge in [-0.15, -0.1) is 0 Å². The van der Waals surface area contributed by atoms with Crippen LogP contribution in [0.15, 0.2) is 42.5 Å². The lowest BCUT2D eigenvalue weighted by atomic mass is 10.1. The smallest absolute Gasteiger partial charge is 0.416 e. The Bertz CT molecular complexity index is 785. The van der Waals surface area contributed by atoms with Crippen LogP contribution in [-0.4, -0.2) is 23.6 Å². The zero-order chi connectivity index (χ0) is 18.6. The Morgan fingerprint density at radius 2 is 1.76 bits per heavy atom. The van der Waals surface area contributed by atoms with Gasteiger partial charge in [0.1, 0.15) is 11.3 Å². The van der Waals surface area contributed by atoms with Crippen LogP contribution in [0.5, 0.6) is 5.75 Å². The van der Waals surface area contributed by atoms with E-state index in [-0.39, 0.29) is 17.0 Å². The number of esters is 1. The number of carbonyl (C=O) groups excluding carboxylic acids is 2. The third kappa shape index (κ3) is 4.72. The van der Waals surface area contributed by atoms with Gasteiger partial charge < -0.3 is 15.2 Å². The number of aromatic hydroxyl groups is 1. The number of anilines is 1. The Labute approximate surface area is 141 Å². The Morgan fingerprint density at radius 1 is 1.12 bits per heavy atom. The molecule has 0 spiro atoms. The SMILES string of the molecule is Cc1cccc(C(=O)OCC(=O)Nc2ccc(C(F)(F)F)cc2)c1O. The van der Waals surface area contributed by atoms with Gasteiger partial charge in [-0.05, 0) is 42.8 Å². The maximum absolute atomic E-state index is 12.4. The van der Waals surface area contributed by atoms with Gasteiger partial charge in [-0.3, -0.25) is 4.79 Å². The van der Waals surface area contributed by atoms with Crippen molar-refractivity contribution in [2.45, 2.75) is 13.1 Å². The fourth-order valence-electron chi connectivity index (χ4n) is 1.97. The number of hydrogen-bond acceptors (Lipinski definition) is 4. The number of halogens is 3. The minimum absolute atomic E-state index is 0.0812. The van der Waals surface area contributed by atoms with Crippen molar-refractivity contribution >= 4 is 17.6 Å². The molecule has 0 heterocycles. The Kier molecular flexibility index (Phi) is 5.31. The van der Waals surface area contributed by atoms with Gasteiger partial charge >= 0.3 is 12.1 Å². The number of benzene rings is 2. The van der Waals surface area contributed by atoms with Gasteiger partial charge in [-0.1, -0.05) is 12.1 Å². The molecule has 2 N–H and O–H groups in total. The quantitative estimate of drug-likeness (QED) is 0.825. The van der Waals surface area contributed by atoms with E-state index < -0.39 is 30.2 Å². The maximum Gasteiger partial charge on any atom is 0.416 e. The fraction of sp³-hybridized carbons (Fsp3) is 0.176. The molecule has 0 bridgehead atoms. The van der Waals surface area contributed by atoms with Crippen molar-refractivity contribution < 1.29 is 32.6 Å². The highest BCUT2D eigenvalue weighted by Gasteiger charge is 2.30. The minimum atomic E-state index is -4.46. The van der Waals surface area contributed by atoms with Crippen molar-refractivity contribution in [1.82, 2.24) is 0 Å². The summed E-state index contributed by atoms with van der Waals surface area (Å²) in [5.41, 5.74) is -0.315. The Balaban J connectivity index is 1.92. The molecule has 25 heavy (non-hydrogen) atoms. The number of para-hydroxylation sites is 1. The molecule has 0 aromatic heterocycles. The van der Waals surface area contributed by atoms with Crippen molar-refractivity contribution in [1.29, 1.82) is 0 Å². The topological polar surface area (TPSA) is 75.6 Å². The molecule has 0 aliphatic heterocycles. The highest BCUT2D eigenvalue weighted by molar-refractivity contribution is 5.96. The van der Waals surface area contributed by atoms with E-state index in [1.165, 1.54) is 6.07 Å². The third-order valence-corrected chi connectivity index (χ3v) is 3.29. The first kappa shape index (κ1) is 18.3. The second kappa shape index (κ2) is 7.25. The first-order chi connectivity index (χ1) is 11.7. The zero-order valence-corrected chi connectivity index (χ0v) is 13.1. The van der Waals surface area contributed by atoms with Crippen LogP contribution in [-0.2, 0) is 15.7 Å². The molecule has 132 valence electrons. The molecular weight excluding hydrogens is 339 g/mol. The summed E-state index contributed by atoms with van der Waals surface area (Å²) >= 11 is 0. The van der Waals surface area contributed by atoms with Gasteiger partial charge in [0.15, 0.2) is 6.61 Å². The van der Waals surface area contributed by atoms with Gasteiger partial charge in [0.25, 0.3) is 5.91 Å². The molecule has 5 nitrogen and oxygen atoms in total. The first-order valence-electron chi connectivity index (χ1n) is 7.11. The van der Waals surface area contributed by atoms with Crippen LogP contribution in [0.3, 0.4) is 0 Å². The lowest BCUT2D eigenvalue weighted by molar-refractivity contribution is -0.137. The lowest BCUT2D eigenvalue weighted by Gasteiger charge is -2.10. The van der Waals surface area contributed by atoms with E-state index in [2.05, 4.69) is 5.32 Å². The summed E-state index contributed by atoms with van der Waals surface area (Å²) in [6, 6.07) is 8.33. The normalized spacial score (nSPS) is 11.0. The molecule has 0 aliphatic carbocycles. The Hall–Kier alpha value is -3.03. The van der Waals surface area contributed by atoms with E-state index in [4.69, 9.17) is 4.74 Å². The summed E-state index contributed by atoms with van der Waals surface area (Å²) < 4.78 is 42.1. The van der Waals surface area contributed by atoms with Crippen molar-refractivity contribution in [3.63, 3.8) is 0 Å². The predicted molar refractivity (Wildman–Crippen MR) is 83.2 cm³/mol. The van der Waals surface area contributed by atoms with Crippen LogP contribution in [0, 0.1) is 6.92 Å². The molecule has 0 saturated carbocycles. The van der Waals surface area contributed by atoms with E-state index in [1.807, 2.05) is 0 Å². The van der Waals surface area contributed by atoms with Crippen LogP contribution >= 0.6 is 0 Å². The molecule has 8 heteroatoms. The summed E-state index contributed by atoms with van der Waals surface area (Å²) in [6.45, 7) is 0.955. The van der Waals surface area contributed by atoms with E-state index in [0.29, 0.717) is 5.56 Å². The average Bonchev–Trinajstić information content (AvgIpc) is 2.55. The average molecular weight is 353 g/mol. The predicted octanol–water partition coefficient (Wildman–Crippen LogP) is 3.51. The fourth-order valence-corrected chi connectivity index (χ4v) is 1.97. The summed E-state index contributed by atoms with van der Waals surface area (Å²) in [5.74, 6) is -1.85. The van der Waals surface area contributed by atoms with Crippen molar-refractivity contribution in [2.75, 3.05) is 11.9 Å². The molecule has 0 atom stereocenters. The molecule has 0 radical (unpaired) electrons. The molecule has 0 unspecified atom stereocenters. The number of phenolic OH excluding ortho intramolecular Hbond substituents is 1. The van der Waals surface area contributed by atoms with E-state index in [1.54, 1.807) is 19.1 Å². The molecule has 0 fully saturated rings. The van der Waals surface area contributed by atoms with Crippen LogP contribution in [0.25, 0.3) is 0 Å². The third-order valence-electron chi connectivity index (χ3n) is 3.29. The highest BCUT2D eigenvalue weighted by atomic mass is 19.4. The summed E-state index contributed by atoms with van der Waals surface area (Å²) in [6.07, 6.45) is -4.46. The van der Waals surface area contributed by atoms with E-state index in [0.717, 1.165) is 24.3 Å². The molecule has 2 aromatic rings. The number of phenols is 1.